The van der Waals surface area contributed by atoms with Crippen LogP contribution < -0.4 is 0 Å². The smallest absolute Gasteiger partial charge is 0.119 e. The van der Waals surface area contributed by atoms with Crippen LogP contribution in [-0.4, -0.2) is 5.11 Å². The van der Waals surface area contributed by atoms with Crippen molar-refractivity contribution in [3.8, 4) is 5.75 Å². The van der Waals surface area contributed by atoms with E-state index in [1.807, 2.05) is 19.1 Å². The van der Waals surface area contributed by atoms with E-state index in [0.29, 0.717) is 12.2 Å². The van der Waals surface area contributed by atoms with Crippen molar-refractivity contribution in [2.24, 2.45) is 0 Å². The lowest BCUT2D eigenvalue weighted by molar-refractivity contribution is 0.469. The fraction of sp³-hybridized carbons (Fsp3) is 0.231. The molecule has 0 aromatic heterocycles. The highest BCUT2D eigenvalue weighted by Gasteiger charge is 2.04. The summed E-state index contributed by atoms with van der Waals surface area (Å²) >= 11 is 0. The third-order valence-corrected chi connectivity index (χ3v) is 2.27. The first-order valence-electron chi connectivity index (χ1n) is 4.72. The zero-order valence-electron chi connectivity index (χ0n) is 8.59. The summed E-state index contributed by atoms with van der Waals surface area (Å²) in [4.78, 5) is 0. The first-order valence-corrected chi connectivity index (χ1v) is 4.72. The van der Waals surface area contributed by atoms with Crippen molar-refractivity contribution in [3.05, 3.63) is 54.1 Å². The van der Waals surface area contributed by atoms with Gasteiger partial charge in [0.05, 0.1) is 0 Å². The molecule has 0 fully saturated rings. The molecule has 0 unspecified atom stereocenters. The Morgan fingerprint density at radius 3 is 2.29 bits per heavy atom. The molecule has 0 radical (unpaired) electrons. The second kappa shape index (κ2) is 4.66. The number of aryl methyl sites for hydroxylation is 1. The van der Waals surface area contributed by atoms with Gasteiger partial charge in [0.25, 0.3) is 0 Å². The van der Waals surface area contributed by atoms with E-state index < -0.39 is 0 Å². The predicted molar refractivity (Wildman–Crippen MR) is 60.6 cm³/mol. The summed E-state index contributed by atoms with van der Waals surface area (Å²) in [5, 5.41) is 9.64. The van der Waals surface area contributed by atoms with Gasteiger partial charge in [-0.25, -0.2) is 0 Å². The quantitative estimate of drug-likeness (QED) is 0.719. The summed E-state index contributed by atoms with van der Waals surface area (Å²) in [6, 6.07) is 3.83. The lowest BCUT2D eigenvalue weighted by Crippen LogP contribution is -1.91. The molecular formula is C13H16O. The Hall–Kier alpha value is -1.50. The number of phenolic OH excluding ortho intramolecular Hbond substituents is 1. The topological polar surface area (TPSA) is 20.2 Å². The van der Waals surface area contributed by atoms with E-state index in [0.717, 1.165) is 17.5 Å². The maximum Gasteiger partial charge on any atom is 0.119 e. The van der Waals surface area contributed by atoms with Crippen molar-refractivity contribution >= 4 is 0 Å². The number of aromatic hydroxyl groups is 1. The molecule has 0 heterocycles. The Labute approximate surface area is 85.4 Å². The Morgan fingerprint density at radius 2 is 1.71 bits per heavy atom. The van der Waals surface area contributed by atoms with E-state index in [9.17, 15) is 5.11 Å². The molecule has 1 N–H and O–H groups in total. The Morgan fingerprint density at radius 1 is 1.14 bits per heavy atom. The summed E-state index contributed by atoms with van der Waals surface area (Å²) in [5.74, 6) is 0.357. The molecule has 1 aromatic rings. The van der Waals surface area contributed by atoms with Gasteiger partial charge in [0.15, 0.2) is 0 Å². The number of phenols is 1. The van der Waals surface area contributed by atoms with E-state index in [2.05, 4.69) is 13.2 Å². The van der Waals surface area contributed by atoms with E-state index in [1.165, 1.54) is 5.56 Å². The van der Waals surface area contributed by atoms with Gasteiger partial charge >= 0.3 is 0 Å². The molecule has 0 saturated heterocycles. The van der Waals surface area contributed by atoms with E-state index in [4.69, 9.17) is 0 Å². The molecule has 0 atom stereocenters. The van der Waals surface area contributed by atoms with Crippen LogP contribution in [0.25, 0.3) is 0 Å². The van der Waals surface area contributed by atoms with Crippen LogP contribution in [-0.2, 0) is 12.8 Å². The SMILES string of the molecule is C=CCc1cc(CC=C)c(O)cc1C. The first kappa shape index (κ1) is 10.6. The van der Waals surface area contributed by atoms with Gasteiger partial charge < -0.3 is 5.11 Å². The molecular weight excluding hydrogens is 172 g/mol. The number of benzene rings is 1. The van der Waals surface area contributed by atoms with Crippen molar-refractivity contribution in [2.45, 2.75) is 19.8 Å². The fourth-order valence-electron chi connectivity index (χ4n) is 1.48. The molecule has 0 spiro atoms. The highest BCUT2D eigenvalue weighted by atomic mass is 16.3. The maximum atomic E-state index is 9.64. The molecule has 0 aliphatic heterocycles. The normalized spacial score (nSPS) is 9.79. The van der Waals surface area contributed by atoms with E-state index in [-0.39, 0.29) is 0 Å². The first-order chi connectivity index (χ1) is 6.69. The third-order valence-electron chi connectivity index (χ3n) is 2.27. The van der Waals surface area contributed by atoms with Crippen molar-refractivity contribution in [3.63, 3.8) is 0 Å². The largest absolute Gasteiger partial charge is 0.508 e. The summed E-state index contributed by atoms with van der Waals surface area (Å²) in [6.07, 6.45) is 5.21. The molecule has 74 valence electrons. The molecule has 0 aliphatic carbocycles. The number of hydrogen-bond donors (Lipinski definition) is 1. The van der Waals surface area contributed by atoms with Crippen molar-refractivity contribution in [1.29, 1.82) is 0 Å². The second-order valence-corrected chi connectivity index (χ2v) is 3.39. The standard InChI is InChI=1S/C13H16O/c1-4-6-11-9-12(7-5-2)13(14)8-10(11)3/h4-5,8-9,14H,1-2,6-7H2,3H3. The minimum atomic E-state index is 0.357. The van der Waals surface area contributed by atoms with Crippen LogP contribution in [0.5, 0.6) is 5.75 Å². The number of allylic oxidation sites excluding steroid dienone is 2. The minimum Gasteiger partial charge on any atom is -0.508 e. The van der Waals surface area contributed by atoms with Crippen LogP contribution in [0.15, 0.2) is 37.4 Å². The minimum absolute atomic E-state index is 0.357. The lowest BCUT2D eigenvalue weighted by Gasteiger charge is -2.08. The van der Waals surface area contributed by atoms with Gasteiger partial charge in [-0.05, 0) is 42.5 Å². The fourth-order valence-corrected chi connectivity index (χ4v) is 1.48. The van der Waals surface area contributed by atoms with Crippen LogP contribution in [0.4, 0.5) is 0 Å². The summed E-state index contributed by atoms with van der Waals surface area (Å²) in [7, 11) is 0. The highest BCUT2D eigenvalue weighted by molar-refractivity contribution is 5.42. The Bertz CT molecular complexity index is 319. The number of hydrogen-bond acceptors (Lipinski definition) is 1. The van der Waals surface area contributed by atoms with Gasteiger partial charge in [-0.15, -0.1) is 13.2 Å². The van der Waals surface area contributed by atoms with Crippen LogP contribution in [0.1, 0.15) is 16.7 Å². The van der Waals surface area contributed by atoms with Gasteiger partial charge in [-0.2, -0.15) is 0 Å². The van der Waals surface area contributed by atoms with Gasteiger partial charge in [0, 0.05) is 0 Å². The Balaban J connectivity index is 3.11. The van der Waals surface area contributed by atoms with Crippen LogP contribution in [0.2, 0.25) is 0 Å². The monoisotopic (exact) mass is 188 g/mol. The van der Waals surface area contributed by atoms with Gasteiger partial charge in [-0.1, -0.05) is 18.2 Å². The molecule has 1 heteroatoms. The molecule has 14 heavy (non-hydrogen) atoms. The molecule has 1 rings (SSSR count). The van der Waals surface area contributed by atoms with Crippen molar-refractivity contribution < 1.29 is 5.11 Å². The molecule has 1 aromatic carbocycles. The van der Waals surface area contributed by atoms with Gasteiger partial charge in [-0.3, -0.25) is 0 Å². The Kier molecular flexibility index (Phi) is 3.52. The van der Waals surface area contributed by atoms with Crippen LogP contribution in [0, 0.1) is 6.92 Å². The predicted octanol–water partition coefficient (Wildman–Crippen LogP) is 3.16. The van der Waals surface area contributed by atoms with Crippen molar-refractivity contribution in [2.75, 3.05) is 0 Å². The third kappa shape index (κ3) is 2.25. The maximum absolute atomic E-state index is 9.64. The van der Waals surface area contributed by atoms with Crippen LogP contribution >= 0.6 is 0 Å². The summed E-state index contributed by atoms with van der Waals surface area (Å²) in [5.41, 5.74) is 3.26. The average Bonchev–Trinajstić information content (AvgIpc) is 2.14. The molecule has 0 aliphatic rings. The summed E-state index contributed by atoms with van der Waals surface area (Å²) in [6.45, 7) is 9.37. The van der Waals surface area contributed by atoms with E-state index >= 15 is 0 Å². The molecule has 0 bridgehead atoms. The zero-order valence-corrected chi connectivity index (χ0v) is 8.59. The highest BCUT2D eigenvalue weighted by Crippen LogP contribution is 2.23. The van der Waals surface area contributed by atoms with Gasteiger partial charge in [0.2, 0.25) is 0 Å². The molecule has 0 saturated carbocycles. The second-order valence-electron chi connectivity index (χ2n) is 3.39. The average molecular weight is 188 g/mol. The van der Waals surface area contributed by atoms with E-state index in [1.54, 1.807) is 12.1 Å². The van der Waals surface area contributed by atoms with Crippen molar-refractivity contribution in [1.82, 2.24) is 0 Å². The number of rotatable bonds is 4. The van der Waals surface area contributed by atoms with Gasteiger partial charge in [0.1, 0.15) is 5.75 Å². The van der Waals surface area contributed by atoms with Crippen LogP contribution in [0.3, 0.4) is 0 Å². The summed E-state index contributed by atoms with van der Waals surface area (Å²) < 4.78 is 0. The zero-order chi connectivity index (χ0) is 10.6. The molecule has 0 amide bonds. The molecule has 1 nitrogen and oxygen atoms in total. The lowest BCUT2D eigenvalue weighted by atomic mass is 10.00.